The number of hydrogen-bond acceptors (Lipinski definition) is 2. The molecule has 1 nitrogen and oxygen atoms in total. The zero-order chi connectivity index (χ0) is 9.68. The summed E-state index contributed by atoms with van der Waals surface area (Å²) in [6, 6.07) is 7.14. The van der Waals surface area contributed by atoms with E-state index >= 15 is 0 Å². The summed E-state index contributed by atoms with van der Waals surface area (Å²) >= 11 is 0.615. The highest BCUT2D eigenvalue weighted by Gasteiger charge is 2.03. The highest BCUT2D eigenvalue weighted by atomic mass is 32.2. The van der Waals surface area contributed by atoms with Crippen LogP contribution in [-0.4, -0.2) is 12.9 Å². The number of methoxy groups -OCH3 is 1. The Labute approximate surface area is 80.1 Å². The van der Waals surface area contributed by atoms with E-state index in [2.05, 4.69) is 0 Å². The average molecular weight is 204 g/mol. The minimum Gasteiger partial charge on any atom is -0.497 e. The molecule has 0 aliphatic rings. The summed E-state index contributed by atoms with van der Waals surface area (Å²) in [6.45, 7) is 0. The molecule has 13 heavy (non-hydrogen) atoms. The van der Waals surface area contributed by atoms with Crippen molar-refractivity contribution in [2.24, 2.45) is 0 Å². The zero-order valence-corrected chi connectivity index (χ0v) is 7.98. The number of alkyl halides is 2. The van der Waals surface area contributed by atoms with E-state index in [-0.39, 0.29) is 0 Å². The van der Waals surface area contributed by atoms with Gasteiger partial charge in [-0.1, -0.05) is 23.9 Å². The number of hydrogen-bond donors (Lipinski definition) is 0. The topological polar surface area (TPSA) is 9.23 Å². The Morgan fingerprint density at radius 2 is 2.23 bits per heavy atom. The molecule has 1 aromatic carbocycles. The fourth-order valence-electron chi connectivity index (χ4n) is 0.921. The van der Waals surface area contributed by atoms with E-state index in [1.54, 1.807) is 31.4 Å². The van der Waals surface area contributed by atoms with Crippen LogP contribution in [0.2, 0.25) is 0 Å². The van der Waals surface area contributed by atoms with Gasteiger partial charge < -0.3 is 4.74 Å². The number of halogens is 2. The number of ether oxygens (including phenoxy) is 1. The lowest BCUT2D eigenvalue weighted by Gasteiger charge is -2.03. The lowest BCUT2D eigenvalue weighted by molar-refractivity contribution is 0.252. The van der Waals surface area contributed by atoms with Crippen LogP contribution in [0.15, 0.2) is 24.3 Å². The third-order valence-electron chi connectivity index (χ3n) is 1.51. The van der Waals surface area contributed by atoms with E-state index < -0.39 is 5.76 Å². The molecule has 0 bridgehead atoms. The van der Waals surface area contributed by atoms with Crippen molar-refractivity contribution in [3.63, 3.8) is 0 Å². The van der Waals surface area contributed by atoms with E-state index in [4.69, 9.17) is 4.74 Å². The summed E-state index contributed by atoms with van der Waals surface area (Å²) in [5.41, 5.74) is 0.852. The Morgan fingerprint density at radius 1 is 1.46 bits per heavy atom. The molecule has 0 spiro atoms. The van der Waals surface area contributed by atoms with Crippen molar-refractivity contribution in [1.29, 1.82) is 0 Å². The molecule has 0 saturated carbocycles. The molecule has 0 atom stereocenters. The maximum atomic E-state index is 11.8. The molecular formula is C9H10F2OS. The molecular weight excluding hydrogens is 194 g/mol. The van der Waals surface area contributed by atoms with Gasteiger partial charge in [-0.2, -0.15) is 8.78 Å². The van der Waals surface area contributed by atoms with Gasteiger partial charge >= 0.3 is 0 Å². The van der Waals surface area contributed by atoms with Crippen LogP contribution in [0.5, 0.6) is 5.75 Å². The van der Waals surface area contributed by atoms with Gasteiger partial charge in [0.25, 0.3) is 5.76 Å². The van der Waals surface area contributed by atoms with E-state index in [1.165, 1.54) is 0 Å². The Kier molecular flexibility index (Phi) is 4.02. The molecule has 72 valence electrons. The molecule has 1 aromatic rings. The maximum Gasteiger partial charge on any atom is 0.284 e. The van der Waals surface area contributed by atoms with Crippen molar-refractivity contribution in [2.75, 3.05) is 7.11 Å². The van der Waals surface area contributed by atoms with Crippen molar-refractivity contribution in [2.45, 2.75) is 11.5 Å². The summed E-state index contributed by atoms with van der Waals surface area (Å²) in [7, 11) is 1.55. The smallest absolute Gasteiger partial charge is 0.284 e. The van der Waals surface area contributed by atoms with E-state index in [0.29, 0.717) is 23.3 Å². The fraction of sp³-hybridized carbons (Fsp3) is 0.333. The Balaban J connectivity index is 2.56. The third-order valence-corrected chi connectivity index (χ3v) is 2.26. The Morgan fingerprint density at radius 3 is 2.85 bits per heavy atom. The molecule has 1 rings (SSSR count). The van der Waals surface area contributed by atoms with Gasteiger partial charge in [-0.15, -0.1) is 0 Å². The molecule has 0 N–H and O–H groups in total. The number of rotatable bonds is 4. The van der Waals surface area contributed by atoms with Crippen LogP contribution in [-0.2, 0) is 5.75 Å². The van der Waals surface area contributed by atoms with Crippen molar-refractivity contribution in [3.05, 3.63) is 29.8 Å². The standard InChI is InChI=1S/C9H10F2OS/c1-12-8-4-2-3-7(5-8)6-13-9(10)11/h2-5,9H,6H2,1H3. The highest BCUT2D eigenvalue weighted by Crippen LogP contribution is 2.22. The lowest BCUT2D eigenvalue weighted by atomic mass is 10.2. The lowest BCUT2D eigenvalue weighted by Crippen LogP contribution is -1.87. The first kappa shape index (κ1) is 10.3. The molecule has 0 aliphatic heterocycles. The predicted molar refractivity (Wildman–Crippen MR) is 50.3 cm³/mol. The molecule has 0 aromatic heterocycles. The van der Waals surface area contributed by atoms with Crippen LogP contribution in [0, 0.1) is 0 Å². The van der Waals surface area contributed by atoms with Gasteiger partial charge in [-0.05, 0) is 17.7 Å². The molecule has 0 amide bonds. The van der Waals surface area contributed by atoms with Gasteiger partial charge in [0.2, 0.25) is 0 Å². The Hall–Kier alpha value is -0.770. The van der Waals surface area contributed by atoms with Gasteiger partial charge in [0.05, 0.1) is 7.11 Å². The summed E-state index contributed by atoms with van der Waals surface area (Å²) < 4.78 is 28.6. The van der Waals surface area contributed by atoms with Crippen molar-refractivity contribution < 1.29 is 13.5 Å². The quantitative estimate of drug-likeness (QED) is 0.745. The molecule has 0 heterocycles. The second-order valence-corrected chi connectivity index (χ2v) is 3.40. The molecule has 0 saturated heterocycles. The van der Waals surface area contributed by atoms with E-state index in [1.807, 2.05) is 0 Å². The number of thioether (sulfide) groups is 1. The average Bonchev–Trinajstić information content (AvgIpc) is 2.15. The summed E-state index contributed by atoms with van der Waals surface area (Å²) in [6.07, 6.45) is 0. The van der Waals surface area contributed by atoms with Crippen LogP contribution >= 0.6 is 11.8 Å². The van der Waals surface area contributed by atoms with Crippen LogP contribution in [0.3, 0.4) is 0 Å². The van der Waals surface area contributed by atoms with Crippen molar-refractivity contribution in [1.82, 2.24) is 0 Å². The van der Waals surface area contributed by atoms with Crippen LogP contribution in [0.1, 0.15) is 5.56 Å². The molecule has 0 radical (unpaired) electrons. The first-order valence-electron chi connectivity index (χ1n) is 3.75. The van der Waals surface area contributed by atoms with E-state index in [0.717, 1.165) is 5.56 Å². The van der Waals surface area contributed by atoms with E-state index in [9.17, 15) is 8.78 Å². The highest BCUT2D eigenvalue weighted by molar-refractivity contribution is 7.98. The van der Waals surface area contributed by atoms with Gasteiger partial charge in [-0.25, -0.2) is 0 Å². The third kappa shape index (κ3) is 3.63. The van der Waals surface area contributed by atoms with Crippen LogP contribution in [0.4, 0.5) is 8.78 Å². The molecule has 0 aliphatic carbocycles. The first-order chi connectivity index (χ1) is 6.22. The van der Waals surface area contributed by atoms with Gasteiger partial charge in [0.1, 0.15) is 5.75 Å². The molecule has 0 fully saturated rings. The van der Waals surface area contributed by atoms with Crippen molar-refractivity contribution >= 4 is 11.8 Å². The minimum atomic E-state index is -2.31. The zero-order valence-electron chi connectivity index (χ0n) is 7.17. The predicted octanol–water partition coefficient (Wildman–Crippen LogP) is 3.15. The molecule has 0 unspecified atom stereocenters. The van der Waals surface area contributed by atoms with Crippen LogP contribution in [0.25, 0.3) is 0 Å². The maximum absolute atomic E-state index is 11.8. The first-order valence-corrected chi connectivity index (χ1v) is 4.80. The summed E-state index contributed by atoms with van der Waals surface area (Å²) in [5.74, 6) is -1.30. The largest absolute Gasteiger partial charge is 0.497 e. The van der Waals surface area contributed by atoms with Crippen LogP contribution < -0.4 is 4.74 Å². The van der Waals surface area contributed by atoms with Gasteiger partial charge in [0, 0.05) is 5.75 Å². The second-order valence-electron chi connectivity index (χ2n) is 2.42. The Bertz CT molecular complexity index is 266. The van der Waals surface area contributed by atoms with Gasteiger partial charge in [0.15, 0.2) is 0 Å². The van der Waals surface area contributed by atoms with Crippen molar-refractivity contribution in [3.8, 4) is 5.75 Å². The minimum absolute atomic E-state index is 0.314. The fourth-order valence-corrected chi connectivity index (χ4v) is 1.42. The summed E-state index contributed by atoms with van der Waals surface area (Å²) in [4.78, 5) is 0. The summed E-state index contributed by atoms with van der Waals surface area (Å²) in [5, 5.41) is 0. The SMILES string of the molecule is COc1cccc(CSC(F)F)c1. The number of benzene rings is 1. The van der Waals surface area contributed by atoms with Gasteiger partial charge in [-0.3, -0.25) is 0 Å². The second kappa shape index (κ2) is 5.07. The normalized spacial score (nSPS) is 10.5. The molecule has 4 heteroatoms. The monoisotopic (exact) mass is 204 g/mol.